The summed E-state index contributed by atoms with van der Waals surface area (Å²) in [7, 11) is 4.82. The van der Waals surface area contributed by atoms with E-state index < -0.39 is 137 Å². The molecule has 15 atom stereocenters. The molecule has 3 heterocycles. The van der Waals surface area contributed by atoms with Crippen LogP contribution in [0.15, 0.2) is 18.2 Å². The Morgan fingerprint density at radius 1 is 0.800 bits per heavy atom. The molecule has 18 nitrogen and oxygen atoms in total. The van der Waals surface area contributed by atoms with Gasteiger partial charge in [0.05, 0.1) is 66.0 Å². The third-order valence-electron chi connectivity index (χ3n) is 12.8. The molecule has 0 saturated carbocycles. The van der Waals surface area contributed by atoms with Gasteiger partial charge in [0.1, 0.15) is 41.5 Å². The van der Waals surface area contributed by atoms with Crippen molar-refractivity contribution in [2.45, 2.75) is 151 Å². The van der Waals surface area contributed by atoms with Crippen molar-refractivity contribution in [2.75, 3.05) is 21.2 Å². The normalized spacial score (nSPS) is 37.9. The molecule has 0 amide bonds. The van der Waals surface area contributed by atoms with Gasteiger partial charge in [-0.05, 0) is 65.0 Å². The number of methoxy groups -OCH3 is 1. The highest BCUT2D eigenvalue weighted by Gasteiger charge is 2.54. The first kappa shape index (κ1) is 44.3. The Morgan fingerprint density at radius 3 is 1.92 bits per heavy atom. The summed E-state index contributed by atoms with van der Waals surface area (Å²) in [4.78, 5) is 43.2. The molecule has 0 radical (unpaired) electrons. The largest absolute Gasteiger partial charge is 0.507 e. The predicted octanol–water partition coefficient (Wildman–Crippen LogP) is 1.63. The van der Waals surface area contributed by atoms with Gasteiger partial charge in [-0.3, -0.25) is 14.4 Å². The summed E-state index contributed by atoms with van der Waals surface area (Å²) in [6.45, 7) is 6.77. The number of phenolic OH excluding ortho intramolecular Hbond substituents is 3. The number of likely N-dealkylation sites (N-methyl/N-ethyl adjacent to an activating group) is 1. The lowest BCUT2D eigenvalue weighted by Crippen LogP contribution is -2.58. The molecule has 0 spiro atoms. The minimum atomic E-state index is -1.82. The van der Waals surface area contributed by atoms with E-state index in [0.29, 0.717) is 0 Å². The number of fused-ring (bicyclic) bond motifs is 3. The van der Waals surface area contributed by atoms with E-state index in [4.69, 9.17) is 33.2 Å². The fourth-order valence-electron chi connectivity index (χ4n) is 9.51. The van der Waals surface area contributed by atoms with Gasteiger partial charge in [0, 0.05) is 42.9 Å². The first-order chi connectivity index (χ1) is 28.3. The fourth-order valence-corrected chi connectivity index (χ4v) is 9.51. The highest BCUT2D eigenvalue weighted by Crippen LogP contribution is 2.54. The van der Waals surface area contributed by atoms with Gasteiger partial charge in [-0.1, -0.05) is 6.92 Å². The standard InChI is InChI=1S/C42H55NO17/c1-8-42(53)15-26(30-19(34(42)41(52)54-7)11-20-31(37(30)50)38(51)33-23(45)10-9-22(44)32(33)36(20)49)58-27-12-21(43(5)6)39(17(3)56-27)59-29-14-25(47)40(18(4)57-29)60-28-13-24(46)35(48)16(2)55-28/h9-11,16-18,21,24-29,34-35,39-40,44-48,50,53H,8,12-15H2,1-7H3/t16-,17+,18-,21-,24-,25-,26-,27-,28+,29-,34+,35+,39+,40+,42+/m0/s1. The Balaban J connectivity index is 1.14. The van der Waals surface area contributed by atoms with Gasteiger partial charge in [-0.2, -0.15) is 0 Å². The van der Waals surface area contributed by atoms with E-state index in [-0.39, 0.29) is 54.8 Å². The van der Waals surface area contributed by atoms with Crippen LogP contribution in [0.25, 0.3) is 0 Å². The molecule has 0 bridgehead atoms. The molecule has 60 heavy (non-hydrogen) atoms. The van der Waals surface area contributed by atoms with Crippen molar-refractivity contribution in [2.24, 2.45) is 0 Å². The molecule has 3 aliphatic heterocycles. The number of aliphatic hydroxyl groups is 4. The van der Waals surface area contributed by atoms with Crippen molar-refractivity contribution in [1.29, 1.82) is 0 Å². The maximum Gasteiger partial charge on any atom is 0.316 e. The molecule has 330 valence electrons. The molecule has 2 aromatic rings. The number of hydrogen-bond acceptors (Lipinski definition) is 18. The van der Waals surface area contributed by atoms with Crippen LogP contribution >= 0.6 is 0 Å². The van der Waals surface area contributed by atoms with Crippen LogP contribution < -0.4 is 0 Å². The Kier molecular flexibility index (Phi) is 12.4. The Bertz CT molecular complexity index is 1970. The van der Waals surface area contributed by atoms with E-state index in [2.05, 4.69) is 0 Å². The highest BCUT2D eigenvalue weighted by molar-refractivity contribution is 6.31. The summed E-state index contributed by atoms with van der Waals surface area (Å²) < 4.78 is 42.5. The zero-order valence-corrected chi connectivity index (χ0v) is 34.5. The van der Waals surface area contributed by atoms with Gasteiger partial charge >= 0.3 is 5.97 Å². The van der Waals surface area contributed by atoms with Crippen LogP contribution in [0.4, 0.5) is 0 Å². The van der Waals surface area contributed by atoms with Crippen LogP contribution in [0.3, 0.4) is 0 Å². The summed E-state index contributed by atoms with van der Waals surface area (Å²) in [5.74, 6) is -5.94. The third-order valence-corrected chi connectivity index (χ3v) is 12.8. The lowest BCUT2D eigenvalue weighted by Gasteiger charge is -2.48. The van der Waals surface area contributed by atoms with Crippen LogP contribution in [-0.4, -0.2) is 159 Å². The molecular weight excluding hydrogens is 790 g/mol. The number of carbonyl (C=O) groups is 3. The van der Waals surface area contributed by atoms with E-state index in [1.54, 1.807) is 27.7 Å². The summed E-state index contributed by atoms with van der Waals surface area (Å²) in [6.07, 6.45) is -10.5. The van der Waals surface area contributed by atoms with Gasteiger partial charge < -0.3 is 73.8 Å². The molecule has 2 aromatic carbocycles. The van der Waals surface area contributed by atoms with Gasteiger partial charge in [0.2, 0.25) is 5.78 Å². The number of phenols is 3. The molecule has 5 aliphatic rings. The van der Waals surface area contributed by atoms with Crippen molar-refractivity contribution in [1.82, 2.24) is 4.90 Å². The number of hydrogen-bond donors (Lipinski definition) is 7. The first-order valence-corrected chi connectivity index (χ1v) is 20.3. The van der Waals surface area contributed by atoms with Crippen molar-refractivity contribution in [3.05, 3.63) is 51.6 Å². The number of rotatable bonds is 9. The smallest absolute Gasteiger partial charge is 0.316 e. The molecule has 3 fully saturated rings. The summed E-state index contributed by atoms with van der Waals surface area (Å²) in [5.41, 5.74) is -3.64. The fraction of sp³-hybridized carbons (Fsp3) is 0.643. The van der Waals surface area contributed by atoms with Crippen LogP contribution in [-0.2, 0) is 38.0 Å². The van der Waals surface area contributed by atoms with E-state index in [9.17, 15) is 50.1 Å². The lowest BCUT2D eigenvalue weighted by molar-refractivity contribution is -0.332. The highest BCUT2D eigenvalue weighted by atomic mass is 16.7. The van der Waals surface area contributed by atoms with Crippen LogP contribution in [0.5, 0.6) is 17.2 Å². The lowest BCUT2D eigenvalue weighted by atomic mass is 9.67. The molecule has 7 N–H and O–H groups in total. The molecule has 3 saturated heterocycles. The predicted molar refractivity (Wildman–Crippen MR) is 205 cm³/mol. The van der Waals surface area contributed by atoms with Crippen LogP contribution in [0, 0.1) is 0 Å². The minimum Gasteiger partial charge on any atom is -0.507 e. The SMILES string of the molecule is CC[C@@]1(O)C[C@H](O[C@H]2C[C@H](N(C)C)[C@H](O[C@H]3C[C@H](O)[C@H](O[C@@H]4C[C@H](O)[C@H](O)[C@H](C)O4)[C@H](C)O3)[C@@H](C)O2)c2c(cc3c(c2O)C(=O)c2c(O)ccc(O)c2C3=O)[C@@H]1C(=O)OC. The quantitative estimate of drug-likeness (QED) is 0.119. The van der Waals surface area contributed by atoms with E-state index >= 15 is 0 Å². The van der Waals surface area contributed by atoms with E-state index in [0.717, 1.165) is 19.2 Å². The van der Waals surface area contributed by atoms with Crippen molar-refractivity contribution < 1.29 is 83.3 Å². The van der Waals surface area contributed by atoms with Gasteiger partial charge in [-0.15, -0.1) is 0 Å². The van der Waals surface area contributed by atoms with E-state index in [1.807, 2.05) is 19.0 Å². The molecule has 0 unspecified atom stereocenters. The summed E-state index contributed by atoms with van der Waals surface area (Å²) in [6, 6.07) is 2.97. The molecular formula is C42H55NO17. The summed E-state index contributed by atoms with van der Waals surface area (Å²) in [5, 5.41) is 76.8. The second kappa shape index (κ2) is 16.8. The van der Waals surface area contributed by atoms with Crippen molar-refractivity contribution in [3.8, 4) is 17.2 Å². The van der Waals surface area contributed by atoms with Gasteiger partial charge in [0.15, 0.2) is 24.7 Å². The first-order valence-electron chi connectivity index (χ1n) is 20.3. The topological polar surface area (TPSA) is 261 Å². The number of ether oxygens (including phenoxy) is 7. The van der Waals surface area contributed by atoms with Gasteiger partial charge in [0.25, 0.3) is 0 Å². The maximum absolute atomic E-state index is 14.0. The number of esters is 1. The minimum absolute atomic E-state index is 0.0140. The number of nitrogens with zero attached hydrogens (tertiary/aromatic N) is 1. The zero-order chi connectivity index (χ0) is 43.7. The number of aromatic hydroxyl groups is 3. The second-order valence-corrected chi connectivity index (χ2v) is 16.8. The summed E-state index contributed by atoms with van der Waals surface area (Å²) >= 11 is 0. The molecule has 18 heteroatoms. The maximum atomic E-state index is 14.0. The number of benzene rings is 2. The Labute approximate surface area is 346 Å². The average molecular weight is 846 g/mol. The Hall–Kier alpha value is -3.79. The number of aliphatic hydroxyl groups excluding tert-OH is 3. The average Bonchev–Trinajstić information content (AvgIpc) is 3.18. The number of ketones is 2. The monoisotopic (exact) mass is 845 g/mol. The molecule has 7 rings (SSSR count). The van der Waals surface area contributed by atoms with Crippen LogP contribution in [0.2, 0.25) is 0 Å². The van der Waals surface area contributed by atoms with Crippen molar-refractivity contribution >= 4 is 17.5 Å². The van der Waals surface area contributed by atoms with E-state index in [1.165, 1.54) is 6.07 Å². The second-order valence-electron chi connectivity index (χ2n) is 16.8. The van der Waals surface area contributed by atoms with Gasteiger partial charge in [-0.25, -0.2) is 0 Å². The number of carbonyl (C=O) groups excluding carboxylic acids is 3. The van der Waals surface area contributed by atoms with Crippen LogP contribution in [0.1, 0.15) is 115 Å². The molecule has 0 aromatic heterocycles. The Morgan fingerprint density at radius 2 is 1.35 bits per heavy atom. The molecule has 2 aliphatic carbocycles. The zero-order valence-electron chi connectivity index (χ0n) is 34.5. The third kappa shape index (κ3) is 7.70. The van der Waals surface area contributed by atoms with Crippen molar-refractivity contribution in [3.63, 3.8) is 0 Å².